The molecule has 0 aliphatic carbocycles. The lowest BCUT2D eigenvalue weighted by molar-refractivity contribution is 0.178. The standard InChI is InChI=1S/C14H11BrClIO/c15-11-3-1-2-9(6-11)7-14(18)10-4-5-13(17)12(16)8-10/h1-6,8,14,18H,7H2. The van der Waals surface area contributed by atoms with Gasteiger partial charge < -0.3 is 5.11 Å². The van der Waals surface area contributed by atoms with Gasteiger partial charge in [-0.05, 0) is 58.0 Å². The molecule has 1 N–H and O–H groups in total. The van der Waals surface area contributed by atoms with Crippen LogP contribution in [0, 0.1) is 3.57 Å². The zero-order valence-corrected chi connectivity index (χ0v) is 13.9. The van der Waals surface area contributed by atoms with Gasteiger partial charge in [0.05, 0.1) is 11.1 Å². The molecule has 0 saturated carbocycles. The molecule has 0 aliphatic rings. The summed E-state index contributed by atoms with van der Waals surface area (Å²) in [5.74, 6) is 0. The van der Waals surface area contributed by atoms with Gasteiger partial charge in [-0.2, -0.15) is 0 Å². The number of benzene rings is 2. The number of aliphatic hydroxyl groups is 1. The summed E-state index contributed by atoms with van der Waals surface area (Å²) in [6, 6.07) is 13.6. The Labute approximate surface area is 133 Å². The SMILES string of the molecule is OC(Cc1cccc(Br)c1)c1ccc(I)c(Cl)c1. The van der Waals surface area contributed by atoms with Crippen molar-refractivity contribution in [2.75, 3.05) is 0 Å². The highest BCUT2D eigenvalue weighted by atomic mass is 127. The lowest BCUT2D eigenvalue weighted by atomic mass is 10.0. The first-order valence-electron chi connectivity index (χ1n) is 5.44. The Kier molecular flexibility index (Phi) is 5.06. The Morgan fingerprint density at radius 3 is 2.67 bits per heavy atom. The number of rotatable bonds is 3. The molecular formula is C14H11BrClIO. The predicted octanol–water partition coefficient (Wildman–Crippen LogP) is 4.98. The van der Waals surface area contributed by atoms with Gasteiger partial charge in [0.1, 0.15) is 0 Å². The van der Waals surface area contributed by atoms with Crippen LogP contribution in [0.3, 0.4) is 0 Å². The average molecular weight is 438 g/mol. The number of halogens is 3. The van der Waals surface area contributed by atoms with E-state index < -0.39 is 6.10 Å². The molecule has 18 heavy (non-hydrogen) atoms. The molecule has 2 aromatic rings. The van der Waals surface area contributed by atoms with Crippen LogP contribution in [-0.4, -0.2) is 5.11 Å². The zero-order chi connectivity index (χ0) is 13.1. The lowest BCUT2D eigenvalue weighted by Gasteiger charge is -2.12. The van der Waals surface area contributed by atoms with Crippen molar-refractivity contribution in [1.29, 1.82) is 0 Å². The van der Waals surface area contributed by atoms with Crippen molar-refractivity contribution in [3.63, 3.8) is 0 Å². The maximum absolute atomic E-state index is 10.2. The van der Waals surface area contributed by atoms with Crippen LogP contribution in [-0.2, 0) is 6.42 Å². The largest absolute Gasteiger partial charge is 0.388 e. The molecule has 0 spiro atoms. The second-order valence-corrected chi connectivity index (χ2v) is 6.51. The van der Waals surface area contributed by atoms with Gasteiger partial charge in [0.15, 0.2) is 0 Å². The van der Waals surface area contributed by atoms with E-state index in [2.05, 4.69) is 38.5 Å². The van der Waals surface area contributed by atoms with Crippen molar-refractivity contribution >= 4 is 50.1 Å². The van der Waals surface area contributed by atoms with E-state index >= 15 is 0 Å². The van der Waals surface area contributed by atoms with Crippen molar-refractivity contribution in [2.24, 2.45) is 0 Å². The van der Waals surface area contributed by atoms with Gasteiger partial charge in [-0.25, -0.2) is 0 Å². The predicted molar refractivity (Wildman–Crippen MR) is 87.0 cm³/mol. The summed E-state index contributed by atoms with van der Waals surface area (Å²) in [5, 5.41) is 10.9. The fourth-order valence-electron chi connectivity index (χ4n) is 1.72. The highest BCUT2D eigenvalue weighted by molar-refractivity contribution is 14.1. The summed E-state index contributed by atoms with van der Waals surface area (Å²) in [6.07, 6.45) is 0.0462. The molecule has 4 heteroatoms. The summed E-state index contributed by atoms with van der Waals surface area (Å²) in [4.78, 5) is 0. The molecule has 0 aromatic heterocycles. The van der Waals surface area contributed by atoms with E-state index in [0.29, 0.717) is 11.4 Å². The molecule has 94 valence electrons. The van der Waals surface area contributed by atoms with Gasteiger partial charge in [0.2, 0.25) is 0 Å². The van der Waals surface area contributed by atoms with Crippen LogP contribution in [0.5, 0.6) is 0 Å². The van der Waals surface area contributed by atoms with Crippen molar-refractivity contribution in [2.45, 2.75) is 12.5 Å². The van der Waals surface area contributed by atoms with Crippen LogP contribution < -0.4 is 0 Å². The fraction of sp³-hybridized carbons (Fsp3) is 0.143. The molecule has 0 saturated heterocycles. The Morgan fingerprint density at radius 1 is 1.22 bits per heavy atom. The third kappa shape index (κ3) is 3.70. The molecule has 0 heterocycles. The fourth-order valence-corrected chi connectivity index (χ4v) is 2.70. The van der Waals surface area contributed by atoms with Gasteiger partial charge >= 0.3 is 0 Å². The van der Waals surface area contributed by atoms with Gasteiger partial charge in [0.25, 0.3) is 0 Å². The number of hydrogen-bond acceptors (Lipinski definition) is 1. The Hall–Kier alpha value is -0.100. The van der Waals surface area contributed by atoms with E-state index in [1.807, 2.05) is 42.5 Å². The van der Waals surface area contributed by atoms with Crippen LogP contribution in [0.15, 0.2) is 46.9 Å². The first kappa shape index (κ1) is 14.3. The Balaban J connectivity index is 2.16. The Bertz CT molecular complexity index is 559. The van der Waals surface area contributed by atoms with Crippen molar-refractivity contribution in [3.8, 4) is 0 Å². The molecule has 0 aliphatic heterocycles. The third-order valence-electron chi connectivity index (χ3n) is 2.65. The van der Waals surface area contributed by atoms with Crippen LogP contribution >= 0.6 is 50.1 Å². The number of aliphatic hydroxyl groups excluding tert-OH is 1. The summed E-state index contributed by atoms with van der Waals surface area (Å²) in [7, 11) is 0. The van der Waals surface area contributed by atoms with E-state index in [1.165, 1.54) is 0 Å². The minimum Gasteiger partial charge on any atom is -0.388 e. The lowest BCUT2D eigenvalue weighted by Crippen LogP contribution is -2.02. The van der Waals surface area contributed by atoms with Crippen LogP contribution in [0.25, 0.3) is 0 Å². The summed E-state index contributed by atoms with van der Waals surface area (Å²) >= 11 is 11.7. The van der Waals surface area contributed by atoms with E-state index in [-0.39, 0.29) is 0 Å². The van der Waals surface area contributed by atoms with E-state index in [0.717, 1.165) is 19.2 Å². The second kappa shape index (κ2) is 6.37. The molecular weight excluding hydrogens is 426 g/mol. The molecule has 2 aromatic carbocycles. The highest BCUT2D eigenvalue weighted by Gasteiger charge is 2.10. The number of hydrogen-bond donors (Lipinski definition) is 1. The maximum Gasteiger partial charge on any atom is 0.0830 e. The molecule has 0 bridgehead atoms. The zero-order valence-electron chi connectivity index (χ0n) is 9.41. The monoisotopic (exact) mass is 436 g/mol. The summed E-state index contributed by atoms with van der Waals surface area (Å²) < 4.78 is 2.01. The maximum atomic E-state index is 10.2. The molecule has 1 nitrogen and oxygen atoms in total. The van der Waals surface area contributed by atoms with Crippen LogP contribution in [0.1, 0.15) is 17.2 Å². The molecule has 0 amide bonds. The molecule has 1 unspecified atom stereocenters. The quantitative estimate of drug-likeness (QED) is 0.672. The minimum atomic E-state index is -0.534. The van der Waals surface area contributed by atoms with Crippen LogP contribution in [0.2, 0.25) is 5.02 Å². The summed E-state index contributed by atoms with van der Waals surface area (Å²) in [5.41, 5.74) is 1.94. The van der Waals surface area contributed by atoms with Gasteiger partial charge in [-0.1, -0.05) is 45.7 Å². The van der Waals surface area contributed by atoms with Gasteiger partial charge in [-0.15, -0.1) is 0 Å². The summed E-state index contributed by atoms with van der Waals surface area (Å²) in [6.45, 7) is 0. The van der Waals surface area contributed by atoms with E-state index in [4.69, 9.17) is 11.6 Å². The average Bonchev–Trinajstić information content (AvgIpc) is 2.32. The minimum absolute atomic E-state index is 0.534. The first-order chi connectivity index (χ1) is 8.56. The van der Waals surface area contributed by atoms with E-state index in [1.54, 1.807) is 0 Å². The third-order valence-corrected chi connectivity index (χ3v) is 4.71. The molecule has 2 rings (SSSR count). The van der Waals surface area contributed by atoms with E-state index in [9.17, 15) is 5.11 Å². The van der Waals surface area contributed by atoms with Crippen LogP contribution in [0.4, 0.5) is 0 Å². The molecule has 1 atom stereocenters. The first-order valence-corrected chi connectivity index (χ1v) is 7.68. The normalized spacial score (nSPS) is 12.4. The van der Waals surface area contributed by atoms with Crippen molar-refractivity contribution in [1.82, 2.24) is 0 Å². The Morgan fingerprint density at radius 2 is 2.00 bits per heavy atom. The molecule has 0 fully saturated rings. The second-order valence-electron chi connectivity index (χ2n) is 4.02. The van der Waals surface area contributed by atoms with Crippen molar-refractivity contribution in [3.05, 3.63) is 66.7 Å². The smallest absolute Gasteiger partial charge is 0.0830 e. The topological polar surface area (TPSA) is 20.2 Å². The molecule has 0 radical (unpaired) electrons. The highest BCUT2D eigenvalue weighted by Crippen LogP contribution is 2.25. The van der Waals surface area contributed by atoms with Crippen molar-refractivity contribution < 1.29 is 5.11 Å². The van der Waals surface area contributed by atoms with Gasteiger partial charge in [-0.3, -0.25) is 0 Å². The van der Waals surface area contributed by atoms with Gasteiger partial charge in [0, 0.05) is 14.5 Å².